The molecule has 0 saturated heterocycles. The fourth-order valence-electron chi connectivity index (χ4n) is 1.74. The van der Waals surface area contributed by atoms with E-state index in [0.717, 1.165) is 5.56 Å². The second kappa shape index (κ2) is 4.56. The van der Waals surface area contributed by atoms with Crippen molar-refractivity contribution in [3.63, 3.8) is 0 Å². The summed E-state index contributed by atoms with van der Waals surface area (Å²) in [6.45, 7) is 2.23. The van der Waals surface area contributed by atoms with Crippen molar-refractivity contribution in [3.8, 4) is 11.8 Å². The third-order valence-corrected chi connectivity index (χ3v) is 2.51. The van der Waals surface area contributed by atoms with E-state index in [1.54, 1.807) is 6.07 Å². The topological polar surface area (TPSA) is 62.5 Å². The molecular formula is C11H12BNO3. The van der Waals surface area contributed by atoms with Crippen molar-refractivity contribution < 1.29 is 14.4 Å². The lowest BCUT2D eigenvalue weighted by atomic mass is 9.79. The minimum absolute atomic E-state index is 0.190. The summed E-state index contributed by atoms with van der Waals surface area (Å²) >= 11 is 0. The Bertz CT molecular complexity index is 430. The minimum Gasteiger partial charge on any atom is -0.490 e. The quantitative estimate of drug-likeness (QED) is 0.752. The van der Waals surface area contributed by atoms with Crippen LogP contribution in [0, 0.1) is 11.3 Å². The molecular weight excluding hydrogens is 205 g/mol. The molecule has 0 aliphatic carbocycles. The average Bonchev–Trinajstić information content (AvgIpc) is 2.62. The van der Waals surface area contributed by atoms with Gasteiger partial charge in [-0.2, -0.15) is 5.26 Å². The molecule has 1 heterocycles. The number of benzene rings is 1. The minimum atomic E-state index is -0.916. The molecule has 0 amide bonds. The van der Waals surface area contributed by atoms with Crippen molar-refractivity contribution >= 4 is 12.6 Å². The predicted octanol–water partition coefficient (Wildman–Crippen LogP) is 0.585. The van der Waals surface area contributed by atoms with Crippen LogP contribution < -0.4 is 10.2 Å². The van der Waals surface area contributed by atoms with E-state index in [1.807, 2.05) is 25.1 Å². The van der Waals surface area contributed by atoms with Crippen LogP contribution in [0.2, 0.25) is 0 Å². The van der Waals surface area contributed by atoms with Gasteiger partial charge in [0.1, 0.15) is 11.9 Å². The molecule has 0 fully saturated rings. The largest absolute Gasteiger partial charge is 0.495 e. The van der Waals surface area contributed by atoms with E-state index in [-0.39, 0.29) is 6.10 Å². The van der Waals surface area contributed by atoms with Crippen molar-refractivity contribution in [1.82, 2.24) is 0 Å². The molecule has 1 aromatic rings. The number of hydrogen-bond donors (Lipinski definition) is 1. The van der Waals surface area contributed by atoms with Crippen molar-refractivity contribution in [2.75, 3.05) is 0 Å². The molecule has 1 aromatic carbocycles. The first kappa shape index (κ1) is 11.0. The maximum Gasteiger partial charge on any atom is 0.495 e. The Labute approximate surface area is 94.6 Å². The Balaban J connectivity index is 2.23. The molecule has 5 heteroatoms. The van der Waals surface area contributed by atoms with E-state index >= 15 is 0 Å². The molecule has 0 radical (unpaired) electrons. The number of nitriles is 1. The van der Waals surface area contributed by atoms with Gasteiger partial charge in [-0.1, -0.05) is 12.1 Å². The van der Waals surface area contributed by atoms with Gasteiger partial charge in [0.25, 0.3) is 0 Å². The van der Waals surface area contributed by atoms with Crippen molar-refractivity contribution in [1.29, 1.82) is 5.26 Å². The first-order chi connectivity index (χ1) is 7.72. The number of nitrogens with zero attached hydrogens (tertiary/aromatic N) is 1. The third kappa shape index (κ3) is 2.03. The molecule has 82 valence electrons. The van der Waals surface area contributed by atoms with E-state index in [2.05, 4.69) is 0 Å². The maximum absolute atomic E-state index is 9.64. The third-order valence-electron chi connectivity index (χ3n) is 2.51. The normalized spacial score (nSPS) is 15.4. The van der Waals surface area contributed by atoms with E-state index in [0.29, 0.717) is 24.2 Å². The number of hydrogen-bond acceptors (Lipinski definition) is 4. The first-order valence-electron chi connectivity index (χ1n) is 5.17. The predicted molar refractivity (Wildman–Crippen MR) is 59.2 cm³/mol. The van der Waals surface area contributed by atoms with Crippen LogP contribution in [0.1, 0.15) is 18.9 Å². The molecule has 1 atom stereocenters. The lowest BCUT2D eigenvalue weighted by Crippen LogP contribution is -2.31. The van der Waals surface area contributed by atoms with Crippen LogP contribution in [0.5, 0.6) is 5.75 Å². The zero-order valence-electron chi connectivity index (χ0n) is 9.01. The summed E-state index contributed by atoms with van der Waals surface area (Å²) in [5, 5.41) is 18.2. The summed E-state index contributed by atoms with van der Waals surface area (Å²) in [5.74, 6) is 0.602. The summed E-state index contributed by atoms with van der Waals surface area (Å²) < 4.78 is 10.7. The van der Waals surface area contributed by atoms with Gasteiger partial charge in [-0.15, -0.1) is 0 Å². The van der Waals surface area contributed by atoms with E-state index < -0.39 is 7.12 Å². The highest BCUT2D eigenvalue weighted by molar-refractivity contribution is 6.62. The van der Waals surface area contributed by atoms with Crippen LogP contribution in [-0.4, -0.2) is 18.2 Å². The molecule has 1 aliphatic rings. The van der Waals surface area contributed by atoms with Gasteiger partial charge in [-0.3, -0.25) is 0 Å². The monoisotopic (exact) mass is 217 g/mol. The molecule has 0 bridgehead atoms. The van der Waals surface area contributed by atoms with Crippen LogP contribution in [0.25, 0.3) is 0 Å². The molecule has 2 rings (SSSR count). The Morgan fingerprint density at radius 3 is 3.25 bits per heavy atom. The second-order valence-electron chi connectivity index (χ2n) is 3.78. The molecule has 4 nitrogen and oxygen atoms in total. The summed E-state index contributed by atoms with van der Waals surface area (Å²) in [4.78, 5) is 0. The van der Waals surface area contributed by atoms with Gasteiger partial charge in [-0.05, 0) is 18.6 Å². The van der Waals surface area contributed by atoms with Crippen molar-refractivity contribution in [3.05, 3.63) is 23.8 Å². The molecule has 0 spiro atoms. The van der Waals surface area contributed by atoms with E-state index in [4.69, 9.17) is 14.7 Å². The summed E-state index contributed by atoms with van der Waals surface area (Å²) in [5.41, 5.74) is 1.63. The van der Waals surface area contributed by atoms with Crippen LogP contribution in [0.3, 0.4) is 0 Å². The SMILES string of the molecule is CC(CC#N)Oc1cccc2c1B(O)OC2. The van der Waals surface area contributed by atoms with Crippen LogP contribution in [-0.2, 0) is 11.3 Å². The Morgan fingerprint density at radius 1 is 1.69 bits per heavy atom. The second-order valence-corrected chi connectivity index (χ2v) is 3.78. The average molecular weight is 217 g/mol. The highest BCUT2D eigenvalue weighted by Crippen LogP contribution is 2.19. The number of rotatable bonds is 3. The van der Waals surface area contributed by atoms with E-state index in [1.165, 1.54) is 0 Å². The summed E-state index contributed by atoms with van der Waals surface area (Å²) in [6, 6.07) is 7.58. The van der Waals surface area contributed by atoms with Gasteiger partial charge < -0.3 is 14.4 Å². The fourth-order valence-corrected chi connectivity index (χ4v) is 1.74. The number of fused-ring (bicyclic) bond motifs is 1. The van der Waals surface area contributed by atoms with Crippen molar-refractivity contribution in [2.45, 2.75) is 26.1 Å². The first-order valence-corrected chi connectivity index (χ1v) is 5.17. The lowest BCUT2D eigenvalue weighted by molar-refractivity contribution is 0.228. The molecule has 16 heavy (non-hydrogen) atoms. The van der Waals surface area contributed by atoms with Crippen molar-refractivity contribution in [2.24, 2.45) is 0 Å². The highest BCUT2D eigenvalue weighted by Gasteiger charge is 2.31. The lowest BCUT2D eigenvalue weighted by Gasteiger charge is -2.14. The summed E-state index contributed by atoms with van der Waals surface area (Å²) in [6.07, 6.45) is 0.130. The van der Waals surface area contributed by atoms with Gasteiger partial charge in [0, 0.05) is 5.46 Å². The maximum atomic E-state index is 9.64. The van der Waals surface area contributed by atoms with Gasteiger partial charge in [0.2, 0.25) is 0 Å². The van der Waals surface area contributed by atoms with Gasteiger partial charge in [0.05, 0.1) is 19.1 Å². The van der Waals surface area contributed by atoms with Crippen LogP contribution >= 0.6 is 0 Å². The molecule has 1 N–H and O–H groups in total. The van der Waals surface area contributed by atoms with Gasteiger partial charge >= 0.3 is 7.12 Å². The van der Waals surface area contributed by atoms with E-state index in [9.17, 15) is 5.02 Å². The summed E-state index contributed by atoms with van der Waals surface area (Å²) in [7, 11) is -0.916. The smallest absolute Gasteiger partial charge is 0.490 e. The standard InChI is InChI=1S/C11H12BNO3/c1-8(5-6-13)16-10-4-2-3-9-7-15-12(14)11(9)10/h2-4,8,14H,5,7H2,1H3. The fraction of sp³-hybridized carbons (Fsp3) is 0.364. The molecule has 1 aliphatic heterocycles. The number of ether oxygens (including phenoxy) is 1. The highest BCUT2D eigenvalue weighted by atomic mass is 16.5. The van der Waals surface area contributed by atoms with Crippen LogP contribution in [0.15, 0.2) is 18.2 Å². The van der Waals surface area contributed by atoms with Gasteiger partial charge in [0.15, 0.2) is 0 Å². The molecule has 1 unspecified atom stereocenters. The Morgan fingerprint density at radius 2 is 2.50 bits per heavy atom. The molecule has 0 aromatic heterocycles. The molecule has 0 saturated carbocycles. The van der Waals surface area contributed by atoms with Crippen LogP contribution in [0.4, 0.5) is 0 Å². The zero-order chi connectivity index (χ0) is 11.5. The Hall–Kier alpha value is -1.51. The Kier molecular flexibility index (Phi) is 3.13. The van der Waals surface area contributed by atoms with Gasteiger partial charge in [-0.25, -0.2) is 0 Å². The zero-order valence-corrected chi connectivity index (χ0v) is 9.01.